The summed E-state index contributed by atoms with van der Waals surface area (Å²) in [6.07, 6.45) is 0. The van der Waals surface area contributed by atoms with Gasteiger partial charge in [-0.15, -0.1) is 0 Å². The molecule has 19 heavy (non-hydrogen) atoms. The molecule has 1 aromatic carbocycles. The second-order valence-electron chi connectivity index (χ2n) is 5.32. The quantitative estimate of drug-likeness (QED) is 0.866. The van der Waals surface area contributed by atoms with Crippen molar-refractivity contribution in [3.63, 3.8) is 0 Å². The number of hydrogen-bond donors (Lipinski definition) is 1. The summed E-state index contributed by atoms with van der Waals surface area (Å²) in [4.78, 5) is 11.9. The molecule has 0 bridgehead atoms. The molecule has 0 aliphatic heterocycles. The van der Waals surface area contributed by atoms with Crippen LogP contribution in [0.25, 0.3) is 0 Å². The molecule has 106 valence electrons. The van der Waals surface area contributed by atoms with Gasteiger partial charge < -0.3 is 10.1 Å². The Hall–Kier alpha value is -1.03. The molecule has 0 atom stereocenters. The fourth-order valence-electron chi connectivity index (χ4n) is 2.01. The number of benzene rings is 1. The number of halogens is 1. The SMILES string of the molecule is CC(C)C(NC(=O)COc1ccc(Br)cc1)C(C)C. The van der Waals surface area contributed by atoms with Gasteiger partial charge in [0.15, 0.2) is 6.61 Å². The van der Waals surface area contributed by atoms with E-state index in [-0.39, 0.29) is 18.6 Å². The fraction of sp³-hybridized carbons (Fsp3) is 0.533. The number of hydrogen-bond acceptors (Lipinski definition) is 2. The molecule has 0 unspecified atom stereocenters. The van der Waals surface area contributed by atoms with Crippen LogP contribution in [0.15, 0.2) is 28.7 Å². The van der Waals surface area contributed by atoms with Crippen LogP contribution in [-0.2, 0) is 4.79 Å². The first-order valence-corrected chi connectivity index (χ1v) is 7.37. The van der Waals surface area contributed by atoms with Crippen molar-refractivity contribution in [1.82, 2.24) is 5.32 Å². The monoisotopic (exact) mass is 327 g/mol. The van der Waals surface area contributed by atoms with Crippen molar-refractivity contribution >= 4 is 21.8 Å². The van der Waals surface area contributed by atoms with E-state index < -0.39 is 0 Å². The molecule has 0 aromatic heterocycles. The molecule has 0 heterocycles. The average molecular weight is 328 g/mol. The molecule has 0 saturated heterocycles. The summed E-state index contributed by atoms with van der Waals surface area (Å²) < 4.78 is 6.44. The first-order valence-electron chi connectivity index (χ1n) is 6.58. The van der Waals surface area contributed by atoms with Gasteiger partial charge in [0.25, 0.3) is 5.91 Å². The van der Waals surface area contributed by atoms with Gasteiger partial charge in [-0.3, -0.25) is 4.79 Å². The highest BCUT2D eigenvalue weighted by Crippen LogP contribution is 2.16. The molecule has 1 aromatic rings. The van der Waals surface area contributed by atoms with Gasteiger partial charge in [0, 0.05) is 10.5 Å². The van der Waals surface area contributed by atoms with Crippen LogP contribution in [0.2, 0.25) is 0 Å². The van der Waals surface area contributed by atoms with E-state index in [1.54, 1.807) is 0 Å². The summed E-state index contributed by atoms with van der Waals surface area (Å²) >= 11 is 3.36. The largest absolute Gasteiger partial charge is 0.484 e. The van der Waals surface area contributed by atoms with Gasteiger partial charge in [0.05, 0.1) is 0 Å². The highest BCUT2D eigenvalue weighted by molar-refractivity contribution is 9.10. The topological polar surface area (TPSA) is 38.3 Å². The van der Waals surface area contributed by atoms with Crippen molar-refractivity contribution in [2.75, 3.05) is 6.61 Å². The number of carbonyl (C=O) groups is 1. The zero-order chi connectivity index (χ0) is 14.4. The lowest BCUT2D eigenvalue weighted by molar-refractivity contribution is -0.124. The molecule has 0 spiro atoms. The molecule has 0 radical (unpaired) electrons. The minimum atomic E-state index is -0.0738. The van der Waals surface area contributed by atoms with Crippen LogP contribution >= 0.6 is 15.9 Å². The number of nitrogens with one attached hydrogen (secondary N) is 1. The van der Waals surface area contributed by atoms with E-state index in [2.05, 4.69) is 48.9 Å². The molecular formula is C15H22BrNO2. The number of rotatable bonds is 6. The Bertz CT molecular complexity index is 393. The highest BCUT2D eigenvalue weighted by Gasteiger charge is 2.19. The van der Waals surface area contributed by atoms with Crippen LogP contribution in [0.4, 0.5) is 0 Å². The van der Waals surface area contributed by atoms with Crippen molar-refractivity contribution in [2.24, 2.45) is 11.8 Å². The van der Waals surface area contributed by atoms with Crippen molar-refractivity contribution in [3.05, 3.63) is 28.7 Å². The number of carbonyl (C=O) groups excluding carboxylic acids is 1. The van der Waals surface area contributed by atoms with Gasteiger partial charge in [-0.2, -0.15) is 0 Å². The Morgan fingerprint density at radius 1 is 1.16 bits per heavy atom. The Morgan fingerprint density at radius 2 is 1.68 bits per heavy atom. The first kappa shape index (κ1) is 16.0. The predicted molar refractivity (Wildman–Crippen MR) is 81.2 cm³/mol. The van der Waals surface area contributed by atoms with E-state index in [1.807, 2.05) is 24.3 Å². The molecule has 4 heteroatoms. The Balaban J connectivity index is 2.45. The van der Waals surface area contributed by atoms with E-state index in [9.17, 15) is 4.79 Å². The van der Waals surface area contributed by atoms with Crippen LogP contribution in [0.1, 0.15) is 27.7 Å². The normalized spacial score (nSPS) is 11.2. The minimum absolute atomic E-state index is 0.0531. The van der Waals surface area contributed by atoms with Crippen LogP contribution in [0, 0.1) is 11.8 Å². The fourth-order valence-corrected chi connectivity index (χ4v) is 2.27. The maximum absolute atomic E-state index is 11.9. The molecule has 1 amide bonds. The van der Waals surface area contributed by atoms with E-state index in [0.29, 0.717) is 17.6 Å². The van der Waals surface area contributed by atoms with Crippen LogP contribution in [0.3, 0.4) is 0 Å². The van der Waals surface area contributed by atoms with Gasteiger partial charge >= 0.3 is 0 Å². The first-order chi connectivity index (χ1) is 8.90. The summed E-state index contributed by atoms with van der Waals surface area (Å²) in [5, 5.41) is 3.02. The lowest BCUT2D eigenvalue weighted by Gasteiger charge is -2.26. The van der Waals surface area contributed by atoms with Gasteiger partial charge in [-0.05, 0) is 36.1 Å². The van der Waals surface area contributed by atoms with Crippen molar-refractivity contribution in [1.29, 1.82) is 0 Å². The maximum Gasteiger partial charge on any atom is 0.258 e. The Labute approximate surface area is 123 Å². The molecule has 0 aliphatic carbocycles. The Kier molecular flexibility index (Phi) is 6.35. The summed E-state index contributed by atoms with van der Waals surface area (Å²) in [5.41, 5.74) is 0. The Morgan fingerprint density at radius 3 is 2.16 bits per heavy atom. The lowest BCUT2D eigenvalue weighted by Crippen LogP contribution is -2.44. The second kappa shape index (κ2) is 7.53. The number of ether oxygens (including phenoxy) is 1. The standard InChI is InChI=1S/C15H22BrNO2/c1-10(2)15(11(3)4)17-14(18)9-19-13-7-5-12(16)6-8-13/h5-8,10-11,15H,9H2,1-4H3,(H,17,18). The average Bonchev–Trinajstić information content (AvgIpc) is 2.34. The van der Waals surface area contributed by atoms with Crippen LogP contribution < -0.4 is 10.1 Å². The predicted octanol–water partition coefficient (Wildman–Crippen LogP) is 3.62. The van der Waals surface area contributed by atoms with Crippen LogP contribution in [-0.4, -0.2) is 18.6 Å². The third-order valence-electron chi connectivity index (χ3n) is 2.95. The summed E-state index contributed by atoms with van der Waals surface area (Å²) in [5.74, 6) is 1.45. The summed E-state index contributed by atoms with van der Waals surface area (Å²) in [6, 6.07) is 7.62. The molecule has 3 nitrogen and oxygen atoms in total. The van der Waals surface area contributed by atoms with E-state index in [4.69, 9.17) is 4.74 Å². The van der Waals surface area contributed by atoms with Gasteiger partial charge in [0.2, 0.25) is 0 Å². The van der Waals surface area contributed by atoms with Gasteiger partial charge in [-0.1, -0.05) is 43.6 Å². The molecular weight excluding hydrogens is 306 g/mol. The van der Waals surface area contributed by atoms with Crippen molar-refractivity contribution in [2.45, 2.75) is 33.7 Å². The molecule has 0 aliphatic rings. The van der Waals surface area contributed by atoms with Crippen LogP contribution in [0.5, 0.6) is 5.75 Å². The minimum Gasteiger partial charge on any atom is -0.484 e. The molecule has 0 saturated carbocycles. The zero-order valence-corrected chi connectivity index (χ0v) is 13.5. The highest BCUT2D eigenvalue weighted by atomic mass is 79.9. The van der Waals surface area contributed by atoms with Gasteiger partial charge in [0.1, 0.15) is 5.75 Å². The third kappa shape index (κ3) is 5.64. The van der Waals surface area contributed by atoms with E-state index in [1.165, 1.54) is 0 Å². The third-order valence-corrected chi connectivity index (χ3v) is 3.48. The summed E-state index contributed by atoms with van der Waals surface area (Å²) in [7, 11) is 0. The lowest BCUT2D eigenvalue weighted by atomic mass is 9.93. The zero-order valence-electron chi connectivity index (χ0n) is 11.9. The molecule has 1 N–H and O–H groups in total. The maximum atomic E-state index is 11.9. The number of amides is 1. The summed E-state index contributed by atoms with van der Waals surface area (Å²) in [6.45, 7) is 8.50. The van der Waals surface area contributed by atoms with E-state index in [0.717, 1.165) is 4.47 Å². The smallest absolute Gasteiger partial charge is 0.258 e. The van der Waals surface area contributed by atoms with E-state index >= 15 is 0 Å². The van der Waals surface area contributed by atoms with Crippen molar-refractivity contribution in [3.8, 4) is 5.75 Å². The molecule has 1 rings (SSSR count). The molecule has 0 fully saturated rings. The van der Waals surface area contributed by atoms with Gasteiger partial charge in [-0.25, -0.2) is 0 Å². The van der Waals surface area contributed by atoms with Crippen molar-refractivity contribution < 1.29 is 9.53 Å². The second-order valence-corrected chi connectivity index (χ2v) is 6.24.